The number of carbonyl (C=O) groups excluding carboxylic acids is 2. The van der Waals surface area contributed by atoms with Crippen LogP contribution in [-0.2, 0) is 23.2 Å². The first-order chi connectivity index (χ1) is 8.52. The van der Waals surface area contributed by atoms with Gasteiger partial charge in [0.05, 0.1) is 6.20 Å². The van der Waals surface area contributed by atoms with E-state index in [1.807, 2.05) is 13.2 Å². The first-order valence-corrected chi connectivity index (χ1v) is 5.64. The van der Waals surface area contributed by atoms with Crippen molar-refractivity contribution in [3.05, 3.63) is 30.6 Å². The van der Waals surface area contributed by atoms with Gasteiger partial charge in [0, 0.05) is 45.4 Å². The Labute approximate surface area is 106 Å². The molecule has 1 N–H and O–H groups in total. The molecule has 0 atom stereocenters. The molecule has 0 saturated carbocycles. The summed E-state index contributed by atoms with van der Waals surface area (Å²) in [6.07, 6.45) is 5.05. The number of hydrogen-bond donors (Lipinski definition) is 1. The van der Waals surface area contributed by atoms with E-state index in [0.29, 0.717) is 13.1 Å². The van der Waals surface area contributed by atoms with Gasteiger partial charge in [-0.1, -0.05) is 6.58 Å². The third-order valence-electron chi connectivity index (χ3n) is 2.43. The van der Waals surface area contributed by atoms with E-state index in [0.717, 1.165) is 5.56 Å². The van der Waals surface area contributed by atoms with Crippen LogP contribution in [0.1, 0.15) is 12.0 Å². The van der Waals surface area contributed by atoms with Crippen molar-refractivity contribution in [3.63, 3.8) is 0 Å². The number of rotatable bonds is 6. The van der Waals surface area contributed by atoms with Gasteiger partial charge in [-0.05, 0) is 6.08 Å². The molecule has 0 aromatic carbocycles. The lowest BCUT2D eigenvalue weighted by Gasteiger charge is -2.16. The van der Waals surface area contributed by atoms with Crippen LogP contribution in [-0.4, -0.2) is 40.1 Å². The minimum absolute atomic E-state index is 0.0248. The molecule has 0 spiro atoms. The highest BCUT2D eigenvalue weighted by Gasteiger charge is 2.10. The zero-order chi connectivity index (χ0) is 13.5. The van der Waals surface area contributed by atoms with Gasteiger partial charge in [0.2, 0.25) is 11.8 Å². The second-order valence-corrected chi connectivity index (χ2v) is 4.02. The largest absolute Gasteiger partial charge is 0.352 e. The number of carbonyl (C=O) groups is 2. The van der Waals surface area contributed by atoms with Crippen molar-refractivity contribution in [2.24, 2.45) is 7.05 Å². The summed E-state index contributed by atoms with van der Waals surface area (Å²) in [5, 5.41) is 6.60. The van der Waals surface area contributed by atoms with Gasteiger partial charge in [0.15, 0.2) is 0 Å². The SMILES string of the molecule is C=CC(=O)NCCC(=O)N(C)Cc1cnn(C)c1. The topological polar surface area (TPSA) is 67.2 Å². The van der Waals surface area contributed by atoms with Gasteiger partial charge in [-0.25, -0.2) is 0 Å². The van der Waals surface area contributed by atoms with Gasteiger partial charge in [-0.2, -0.15) is 5.10 Å². The predicted molar refractivity (Wildman–Crippen MR) is 67.5 cm³/mol. The third-order valence-corrected chi connectivity index (χ3v) is 2.43. The molecule has 1 rings (SSSR count). The second-order valence-electron chi connectivity index (χ2n) is 4.02. The zero-order valence-corrected chi connectivity index (χ0v) is 10.7. The van der Waals surface area contributed by atoms with Gasteiger partial charge < -0.3 is 10.2 Å². The maximum Gasteiger partial charge on any atom is 0.243 e. The van der Waals surface area contributed by atoms with Crippen LogP contribution in [0.25, 0.3) is 0 Å². The molecule has 0 aliphatic rings. The molecule has 0 saturated heterocycles. The number of aromatic nitrogens is 2. The van der Waals surface area contributed by atoms with E-state index in [1.165, 1.54) is 6.08 Å². The van der Waals surface area contributed by atoms with Crippen LogP contribution in [0.2, 0.25) is 0 Å². The van der Waals surface area contributed by atoms with Crippen molar-refractivity contribution in [1.82, 2.24) is 20.0 Å². The summed E-state index contributed by atoms with van der Waals surface area (Å²) in [4.78, 5) is 24.2. The zero-order valence-electron chi connectivity index (χ0n) is 10.7. The molecule has 6 nitrogen and oxygen atoms in total. The molecule has 1 heterocycles. The second kappa shape index (κ2) is 6.58. The van der Waals surface area contributed by atoms with E-state index in [2.05, 4.69) is 17.0 Å². The molecule has 0 aliphatic carbocycles. The van der Waals surface area contributed by atoms with Gasteiger partial charge in [-0.15, -0.1) is 0 Å². The Kier molecular flexibility index (Phi) is 5.10. The fourth-order valence-corrected chi connectivity index (χ4v) is 1.47. The molecule has 6 heteroatoms. The Morgan fingerprint density at radius 3 is 2.89 bits per heavy atom. The van der Waals surface area contributed by atoms with E-state index >= 15 is 0 Å². The molecule has 18 heavy (non-hydrogen) atoms. The smallest absolute Gasteiger partial charge is 0.243 e. The highest BCUT2D eigenvalue weighted by atomic mass is 16.2. The van der Waals surface area contributed by atoms with Crippen LogP contribution in [0.5, 0.6) is 0 Å². The van der Waals surface area contributed by atoms with Gasteiger partial charge >= 0.3 is 0 Å². The molecule has 0 bridgehead atoms. The number of hydrogen-bond acceptors (Lipinski definition) is 3. The van der Waals surface area contributed by atoms with Crippen molar-refractivity contribution in [3.8, 4) is 0 Å². The fourth-order valence-electron chi connectivity index (χ4n) is 1.47. The summed E-state index contributed by atoms with van der Waals surface area (Å²) in [7, 11) is 3.56. The van der Waals surface area contributed by atoms with Crippen LogP contribution in [0.3, 0.4) is 0 Å². The Morgan fingerprint density at radius 1 is 1.61 bits per heavy atom. The van der Waals surface area contributed by atoms with Gasteiger partial charge in [-0.3, -0.25) is 14.3 Å². The standard InChI is InChI=1S/C12H18N4O2/c1-4-11(17)13-6-5-12(18)15(2)8-10-7-14-16(3)9-10/h4,7,9H,1,5-6,8H2,2-3H3,(H,13,17). The van der Waals surface area contributed by atoms with E-state index in [4.69, 9.17) is 0 Å². The summed E-state index contributed by atoms with van der Waals surface area (Å²) in [5.74, 6) is -0.291. The Hall–Kier alpha value is -2.11. The molecule has 0 aliphatic heterocycles. The number of nitrogens with one attached hydrogen (secondary N) is 1. The van der Waals surface area contributed by atoms with Crippen molar-refractivity contribution in [2.45, 2.75) is 13.0 Å². The van der Waals surface area contributed by atoms with Crippen LogP contribution in [0, 0.1) is 0 Å². The third kappa shape index (κ3) is 4.40. The summed E-state index contributed by atoms with van der Waals surface area (Å²) in [6, 6.07) is 0. The van der Waals surface area contributed by atoms with Crippen molar-refractivity contribution in [1.29, 1.82) is 0 Å². The monoisotopic (exact) mass is 250 g/mol. The summed E-state index contributed by atoms with van der Waals surface area (Å²) in [6.45, 7) is 4.17. The van der Waals surface area contributed by atoms with E-state index in [-0.39, 0.29) is 18.2 Å². The lowest BCUT2D eigenvalue weighted by Crippen LogP contribution is -2.31. The van der Waals surface area contributed by atoms with Crippen molar-refractivity contribution in [2.75, 3.05) is 13.6 Å². The molecule has 0 unspecified atom stereocenters. The molecule has 1 aromatic heterocycles. The first kappa shape index (κ1) is 14.0. The highest BCUT2D eigenvalue weighted by Crippen LogP contribution is 2.02. The number of aryl methyl sites for hydroxylation is 1. The Morgan fingerprint density at radius 2 is 2.33 bits per heavy atom. The molecule has 0 radical (unpaired) electrons. The maximum atomic E-state index is 11.7. The predicted octanol–water partition coefficient (Wildman–Crippen LogP) is 0.0708. The minimum Gasteiger partial charge on any atom is -0.352 e. The Balaban J connectivity index is 2.33. The molecular formula is C12H18N4O2. The van der Waals surface area contributed by atoms with Crippen LogP contribution in [0.15, 0.2) is 25.0 Å². The van der Waals surface area contributed by atoms with Crippen LogP contribution >= 0.6 is 0 Å². The molecule has 2 amide bonds. The average Bonchev–Trinajstić information content (AvgIpc) is 2.74. The number of amides is 2. The Bertz CT molecular complexity index is 439. The number of nitrogens with zero attached hydrogens (tertiary/aromatic N) is 3. The van der Waals surface area contributed by atoms with Gasteiger partial charge in [0.1, 0.15) is 0 Å². The molecule has 1 aromatic rings. The summed E-state index contributed by atoms with van der Waals surface area (Å²) in [5.41, 5.74) is 0.975. The van der Waals surface area contributed by atoms with Crippen LogP contribution in [0.4, 0.5) is 0 Å². The highest BCUT2D eigenvalue weighted by molar-refractivity contribution is 5.87. The molecular weight excluding hydrogens is 232 g/mol. The lowest BCUT2D eigenvalue weighted by molar-refractivity contribution is -0.130. The van der Waals surface area contributed by atoms with Crippen molar-refractivity contribution < 1.29 is 9.59 Å². The maximum absolute atomic E-state index is 11.7. The minimum atomic E-state index is -0.266. The molecule has 98 valence electrons. The normalized spacial score (nSPS) is 9.89. The van der Waals surface area contributed by atoms with E-state index in [9.17, 15) is 9.59 Å². The lowest BCUT2D eigenvalue weighted by atomic mass is 10.3. The summed E-state index contributed by atoms with van der Waals surface area (Å²) >= 11 is 0. The van der Waals surface area contributed by atoms with Gasteiger partial charge in [0.25, 0.3) is 0 Å². The summed E-state index contributed by atoms with van der Waals surface area (Å²) < 4.78 is 1.69. The molecule has 0 fully saturated rings. The quantitative estimate of drug-likeness (QED) is 0.727. The van der Waals surface area contributed by atoms with Crippen LogP contribution < -0.4 is 5.32 Å². The van der Waals surface area contributed by atoms with E-state index < -0.39 is 0 Å². The first-order valence-electron chi connectivity index (χ1n) is 5.64. The fraction of sp³-hybridized carbons (Fsp3) is 0.417. The average molecular weight is 250 g/mol. The van der Waals surface area contributed by atoms with E-state index in [1.54, 1.807) is 22.8 Å². The van der Waals surface area contributed by atoms with Crippen molar-refractivity contribution >= 4 is 11.8 Å².